The smallest absolute Gasteiger partial charge is 0.417 e. The summed E-state index contributed by atoms with van der Waals surface area (Å²) < 4.78 is 43.0. The van der Waals surface area contributed by atoms with Crippen LogP contribution < -0.4 is 5.63 Å². The van der Waals surface area contributed by atoms with E-state index in [1.54, 1.807) is 13.8 Å². The highest BCUT2D eigenvalue weighted by Crippen LogP contribution is 2.34. The Hall–Kier alpha value is -1.78. The maximum Gasteiger partial charge on any atom is 0.417 e. The van der Waals surface area contributed by atoms with Gasteiger partial charge in [-0.2, -0.15) is 13.2 Å². The van der Waals surface area contributed by atoms with Gasteiger partial charge in [0.25, 0.3) is 0 Å². The zero-order chi connectivity index (χ0) is 12.8. The molecule has 0 unspecified atom stereocenters. The molecule has 5 heteroatoms. The predicted molar refractivity (Wildman–Crippen MR) is 57.0 cm³/mol. The summed E-state index contributed by atoms with van der Waals surface area (Å²) in [6, 6.07) is 3.31. The minimum atomic E-state index is -4.56. The van der Waals surface area contributed by atoms with Crippen molar-refractivity contribution in [2.24, 2.45) is 0 Å². The molecule has 1 aromatic carbocycles. The standard InChI is InChI=1S/C12H9F3O2/c1-6-3-8-9(12(13,14)15)5-11(16)17-10(8)4-7(6)2/h3-5H,1-2H3. The van der Waals surface area contributed by atoms with E-state index in [4.69, 9.17) is 4.42 Å². The fraction of sp³-hybridized carbons (Fsp3) is 0.250. The topological polar surface area (TPSA) is 30.2 Å². The molecule has 0 amide bonds. The number of hydrogen-bond donors (Lipinski definition) is 0. The summed E-state index contributed by atoms with van der Waals surface area (Å²) in [7, 11) is 0. The fourth-order valence-electron chi connectivity index (χ4n) is 1.65. The maximum absolute atomic E-state index is 12.7. The van der Waals surface area contributed by atoms with Crippen molar-refractivity contribution in [3.8, 4) is 0 Å². The van der Waals surface area contributed by atoms with Crippen LogP contribution in [0.1, 0.15) is 16.7 Å². The van der Waals surface area contributed by atoms with Crippen molar-refractivity contribution in [1.29, 1.82) is 0 Å². The molecule has 0 atom stereocenters. The molecule has 1 heterocycles. The molecule has 0 bridgehead atoms. The van der Waals surface area contributed by atoms with E-state index in [0.29, 0.717) is 6.07 Å². The normalized spacial score (nSPS) is 12.1. The minimum Gasteiger partial charge on any atom is -0.423 e. The first-order chi connectivity index (χ1) is 7.79. The molecule has 0 aliphatic rings. The summed E-state index contributed by atoms with van der Waals surface area (Å²) in [5.41, 5.74) is -0.482. The van der Waals surface area contributed by atoms with E-state index >= 15 is 0 Å². The fourth-order valence-corrected chi connectivity index (χ4v) is 1.65. The van der Waals surface area contributed by atoms with E-state index in [2.05, 4.69) is 0 Å². The van der Waals surface area contributed by atoms with E-state index in [1.165, 1.54) is 12.1 Å². The maximum atomic E-state index is 12.7. The van der Waals surface area contributed by atoms with E-state index < -0.39 is 17.4 Å². The van der Waals surface area contributed by atoms with Gasteiger partial charge in [0.15, 0.2) is 0 Å². The van der Waals surface area contributed by atoms with Gasteiger partial charge in [-0.15, -0.1) is 0 Å². The summed E-state index contributed by atoms with van der Waals surface area (Å²) in [5, 5.41) is -0.0831. The summed E-state index contributed by atoms with van der Waals surface area (Å²) in [6.07, 6.45) is -4.56. The van der Waals surface area contributed by atoms with Crippen molar-refractivity contribution in [3.05, 3.63) is 45.3 Å². The molecule has 1 aromatic heterocycles. The number of aryl methyl sites for hydroxylation is 2. The Kier molecular flexibility index (Phi) is 2.49. The lowest BCUT2D eigenvalue weighted by Crippen LogP contribution is -2.11. The van der Waals surface area contributed by atoms with Gasteiger partial charge in [0, 0.05) is 11.5 Å². The molecule has 2 rings (SSSR count). The van der Waals surface area contributed by atoms with Gasteiger partial charge in [-0.25, -0.2) is 4.79 Å². The van der Waals surface area contributed by atoms with Gasteiger partial charge in [0.2, 0.25) is 0 Å². The van der Waals surface area contributed by atoms with Crippen molar-refractivity contribution in [2.45, 2.75) is 20.0 Å². The molecule has 0 spiro atoms. The molecule has 0 aliphatic heterocycles. The molecule has 0 saturated carbocycles. The van der Waals surface area contributed by atoms with Crippen molar-refractivity contribution in [3.63, 3.8) is 0 Å². The molecule has 0 fully saturated rings. The van der Waals surface area contributed by atoms with Crippen molar-refractivity contribution < 1.29 is 17.6 Å². The van der Waals surface area contributed by atoms with Gasteiger partial charge >= 0.3 is 11.8 Å². The van der Waals surface area contributed by atoms with Crippen molar-refractivity contribution >= 4 is 11.0 Å². The second kappa shape index (κ2) is 3.61. The lowest BCUT2D eigenvalue weighted by atomic mass is 10.0. The SMILES string of the molecule is Cc1cc2oc(=O)cc(C(F)(F)F)c2cc1C. The lowest BCUT2D eigenvalue weighted by Gasteiger charge is -2.10. The number of benzene rings is 1. The zero-order valence-electron chi connectivity index (χ0n) is 9.18. The molecular formula is C12H9F3O2. The highest BCUT2D eigenvalue weighted by Gasteiger charge is 2.33. The molecule has 0 saturated heterocycles. The Bertz CT molecular complexity index is 638. The van der Waals surface area contributed by atoms with Crippen LogP contribution in [0.4, 0.5) is 13.2 Å². The highest BCUT2D eigenvalue weighted by atomic mass is 19.4. The van der Waals surface area contributed by atoms with Crippen LogP contribution in [-0.2, 0) is 6.18 Å². The van der Waals surface area contributed by atoms with Gasteiger partial charge in [-0.1, -0.05) is 0 Å². The Balaban J connectivity index is 2.93. The molecule has 2 aromatic rings. The molecule has 2 nitrogen and oxygen atoms in total. The Labute approximate surface area is 94.7 Å². The Morgan fingerprint density at radius 3 is 2.24 bits per heavy atom. The number of rotatable bonds is 0. The molecular weight excluding hydrogens is 233 g/mol. The second-order valence-corrected chi connectivity index (χ2v) is 3.91. The van der Waals surface area contributed by atoms with Gasteiger partial charge in [0.1, 0.15) is 5.58 Å². The summed E-state index contributed by atoms with van der Waals surface area (Å²) in [5.74, 6) is 0. The molecule has 0 aliphatic carbocycles. The first-order valence-electron chi connectivity index (χ1n) is 4.91. The average Bonchev–Trinajstić information content (AvgIpc) is 2.18. The van der Waals surface area contributed by atoms with E-state index in [-0.39, 0.29) is 11.0 Å². The van der Waals surface area contributed by atoms with Crippen molar-refractivity contribution in [2.75, 3.05) is 0 Å². The largest absolute Gasteiger partial charge is 0.423 e. The summed E-state index contributed by atoms with van der Waals surface area (Å²) >= 11 is 0. The van der Waals surface area contributed by atoms with Crippen LogP contribution in [0.3, 0.4) is 0 Å². The quantitative estimate of drug-likeness (QED) is 0.662. The third-order valence-corrected chi connectivity index (χ3v) is 2.66. The van der Waals surface area contributed by atoms with Crippen LogP contribution in [-0.4, -0.2) is 0 Å². The van der Waals surface area contributed by atoms with Crippen LogP contribution in [0.2, 0.25) is 0 Å². The second-order valence-electron chi connectivity index (χ2n) is 3.91. The molecule has 0 N–H and O–H groups in total. The van der Waals surface area contributed by atoms with Crippen LogP contribution in [0.5, 0.6) is 0 Å². The van der Waals surface area contributed by atoms with Crippen LogP contribution in [0.15, 0.2) is 27.4 Å². The monoisotopic (exact) mass is 242 g/mol. The Morgan fingerprint density at radius 1 is 1.06 bits per heavy atom. The lowest BCUT2D eigenvalue weighted by molar-refractivity contribution is -0.136. The highest BCUT2D eigenvalue weighted by molar-refractivity contribution is 5.82. The van der Waals surface area contributed by atoms with Gasteiger partial charge in [-0.3, -0.25) is 0 Å². The van der Waals surface area contributed by atoms with Crippen molar-refractivity contribution in [1.82, 2.24) is 0 Å². The number of halogens is 3. The summed E-state index contributed by atoms with van der Waals surface area (Å²) in [4.78, 5) is 11.1. The molecule has 17 heavy (non-hydrogen) atoms. The number of alkyl halides is 3. The van der Waals surface area contributed by atoms with Gasteiger partial charge in [0.05, 0.1) is 5.56 Å². The van der Waals surface area contributed by atoms with E-state index in [0.717, 1.165) is 11.1 Å². The third kappa shape index (κ3) is 2.05. The van der Waals surface area contributed by atoms with E-state index in [1.807, 2.05) is 0 Å². The predicted octanol–water partition coefficient (Wildman–Crippen LogP) is 3.43. The average molecular weight is 242 g/mol. The Morgan fingerprint density at radius 2 is 1.65 bits per heavy atom. The van der Waals surface area contributed by atoms with E-state index in [9.17, 15) is 18.0 Å². The van der Waals surface area contributed by atoms with Gasteiger partial charge < -0.3 is 4.42 Å². The number of hydrogen-bond acceptors (Lipinski definition) is 2. The molecule has 90 valence electrons. The first kappa shape index (κ1) is 11.7. The third-order valence-electron chi connectivity index (χ3n) is 2.66. The molecule has 0 radical (unpaired) electrons. The van der Waals surface area contributed by atoms with Crippen LogP contribution in [0, 0.1) is 13.8 Å². The zero-order valence-corrected chi connectivity index (χ0v) is 9.18. The van der Waals surface area contributed by atoms with Gasteiger partial charge in [-0.05, 0) is 37.1 Å². The van der Waals surface area contributed by atoms with Crippen LogP contribution in [0.25, 0.3) is 11.0 Å². The minimum absolute atomic E-state index is 0.0343. The first-order valence-corrected chi connectivity index (χ1v) is 4.91. The number of fused-ring (bicyclic) bond motifs is 1. The van der Waals surface area contributed by atoms with Crippen LogP contribution >= 0.6 is 0 Å². The summed E-state index contributed by atoms with van der Waals surface area (Å²) in [6.45, 7) is 3.45.